The quantitative estimate of drug-likeness (QED) is 0.886. The van der Waals surface area contributed by atoms with E-state index in [2.05, 4.69) is 0 Å². The molecule has 100 valence electrons. The number of Topliss-reactive ketones (excluding diaryl/α,β-unsaturated/α-hetero) is 1. The van der Waals surface area contributed by atoms with Crippen LogP contribution in [0.25, 0.3) is 5.57 Å². The fraction of sp³-hybridized carbons (Fsp3) is 0.167. The van der Waals surface area contributed by atoms with Crippen molar-refractivity contribution in [3.8, 4) is 0 Å². The molecule has 2 aromatic rings. The Bertz CT molecular complexity index is 642. The Balaban J connectivity index is 1.95. The largest absolute Gasteiger partial charge is 0.504 e. The molecule has 0 saturated heterocycles. The Morgan fingerprint density at radius 1 is 0.900 bits per heavy atom. The number of rotatable bonds is 2. The van der Waals surface area contributed by atoms with Gasteiger partial charge in [0.25, 0.3) is 0 Å². The summed E-state index contributed by atoms with van der Waals surface area (Å²) in [5, 5.41) is 10.3. The summed E-state index contributed by atoms with van der Waals surface area (Å²) in [5.74, 6) is -0.457. The number of carbonyl (C=O) groups is 1. The van der Waals surface area contributed by atoms with E-state index >= 15 is 0 Å². The molecule has 2 aromatic carbocycles. The summed E-state index contributed by atoms with van der Waals surface area (Å²) in [6, 6.07) is 19.3. The molecule has 0 heterocycles. The third kappa shape index (κ3) is 2.25. The van der Waals surface area contributed by atoms with E-state index in [1.165, 1.54) is 0 Å². The first-order chi connectivity index (χ1) is 9.77. The zero-order valence-corrected chi connectivity index (χ0v) is 11.1. The van der Waals surface area contributed by atoms with Crippen LogP contribution in [-0.4, -0.2) is 10.9 Å². The third-order valence-corrected chi connectivity index (χ3v) is 3.84. The normalized spacial score (nSPS) is 19.2. The Morgan fingerprint density at radius 2 is 1.50 bits per heavy atom. The van der Waals surface area contributed by atoms with Crippen LogP contribution in [0.15, 0.2) is 66.4 Å². The first-order valence-electron chi connectivity index (χ1n) is 6.84. The summed E-state index contributed by atoms with van der Waals surface area (Å²) in [6.07, 6.45) is 1.47. The number of aliphatic hydroxyl groups excluding tert-OH is 1. The molecule has 0 bridgehead atoms. The van der Waals surface area contributed by atoms with E-state index < -0.39 is 0 Å². The number of benzene rings is 2. The summed E-state index contributed by atoms with van der Waals surface area (Å²) in [7, 11) is 0. The molecule has 0 spiro atoms. The molecule has 2 nitrogen and oxygen atoms in total. The Morgan fingerprint density at radius 3 is 2.15 bits per heavy atom. The standard InChI is InChI=1S/C18H16O2/c19-17-15(13-7-3-1-4-8-13)11-12-16(18(17)20)14-9-5-2-6-10-14/h1-10,15,20H,11-12H2. The number of ketones is 1. The summed E-state index contributed by atoms with van der Waals surface area (Å²) in [5.41, 5.74) is 2.68. The number of aliphatic hydroxyl groups is 1. The van der Waals surface area contributed by atoms with Crippen LogP contribution in [0, 0.1) is 0 Å². The van der Waals surface area contributed by atoms with Crippen LogP contribution >= 0.6 is 0 Å². The maximum Gasteiger partial charge on any atom is 0.204 e. The minimum Gasteiger partial charge on any atom is -0.504 e. The molecule has 0 fully saturated rings. The molecule has 0 aliphatic heterocycles. The van der Waals surface area contributed by atoms with Crippen LogP contribution in [0.2, 0.25) is 0 Å². The third-order valence-electron chi connectivity index (χ3n) is 3.84. The highest BCUT2D eigenvalue weighted by Crippen LogP contribution is 2.36. The number of carbonyl (C=O) groups excluding carboxylic acids is 1. The maximum atomic E-state index is 12.4. The number of hydrogen-bond donors (Lipinski definition) is 1. The average Bonchev–Trinajstić information content (AvgIpc) is 2.52. The second-order valence-electron chi connectivity index (χ2n) is 5.06. The van der Waals surface area contributed by atoms with Crippen LogP contribution in [0.4, 0.5) is 0 Å². The lowest BCUT2D eigenvalue weighted by Gasteiger charge is -2.23. The highest BCUT2D eigenvalue weighted by atomic mass is 16.3. The van der Waals surface area contributed by atoms with Gasteiger partial charge in [0, 0.05) is 5.57 Å². The molecule has 0 amide bonds. The lowest BCUT2D eigenvalue weighted by atomic mass is 9.80. The van der Waals surface area contributed by atoms with Gasteiger partial charge in [0.15, 0.2) is 5.76 Å². The fourth-order valence-electron chi connectivity index (χ4n) is 2.78. The van der Waals surface area contributed by atoms with Gasteiger partial charge in [-0.2, -0.15) is 0 Å². The van der Waals surface area contributed by atoms with Crippen molar-refractivity contribution in [1.82, 2.24) is 0 Å². The van der Waals surface area contributed by atoms with Crippen molar-refractivity contribution in [2.45, 2.75) is 18.8 Å². The van der Waals surface area contributed by atoms with Crippen LogP contribution in [0.1, 0.15) is 29.9 Å². The summed E-state index contributed by atoms with van der Waals surface area (Å²) in [6.45, 7) is 0. The number of hydrogen-bond acceptors (Lipinski definition) is 2. The zero-order valence-electron chi connectivity index (χ0n) is 11.1. The van der Waals surface area contributed by atoms with Gasteiger partial charge in [0.05, 0.1) is 5.92 Å². The van der Waals surface area contributed by atoms with Gasteiger partial charge in [-0.3, -0.25) is 4.79 Å². The summed E-state index contributed by atoms with van der Waals surface area (Å²) >= 11 is 0. The zero-order chi connectivity index (χ0) is 13.9. The van der Waals surface area contributed by atoms with E-state index in [0.29, 0.717) is 0 Å². The van der Waals surface area contributed by atoms with Crippen molar-refractivity contribution >= 4 is 11.4 Å². The van der Waals surface area contributed by atoms with Gasteiger partial charge < -0.3 is 5.11 Å². The minimum atomic E-state index is -0.219. The van der Waals surface area contributed by atoms with Gasteiger partial charge in [-0.1, -0.05) is 60.7 Å². The second-order valence-corrected chi connectivity index (χ2v) is 5.06. The van der Waals surface area contributed by atoms with Gasteiger partial charge in [-0.05, 0) is 24.0 Å². The smallest absolute Gasteiger partial charge is 0.204 e. The molecular weight excluding hydrogens is 248 g/mol. The van der Waals surface area contributed by atoms with E-state index in [0.717, 1.165) is 29.5 Å². The molecule has 0 saturated carbocycles. The Kier molecular flexibility index (Phi) is 3.38. The van der Waals surface area contributed by atoms with E-state index in [1.54, 1.807) is 0 Å². The van der Waals surface area contributed by atoms with Gasteiger partial charge in [0.1, 0.15) is 0 Å². The predicted octanol–water partition coefficient (Wildman–Crippen LogP) is 4.10. The van der Waals surface area contributed by atoms with Crippen molar-refractivity contribution < 1.29 is 9.90 Å². The Labute approximate surface area is 118 Å². The average molecular weight is 264 g/mol. The van der Waals surface area contributed by atoms with Crippen molar-refractivity contribution in [2.24, 2.45) is 0 Å². The lowest BCUT2D eigenvalue weighted by Crippen LogP contribution is -2.20. The van der Waals surface area contributed by atoms with Gasteiger partial charge >= 0.3 is 0 Å². The van der Waals surface area contributed by atoms with E-state index in [9.17, 15) is 9.90 Å². The van der Waals surface area contributed by atoms with Crippen LogP contribution < -0.4 is 0 Å². The molecule has 1 atom stereocenters. The topological polar surface area (TPSA) is 37.3 Å². The van der Waals surface area contributed by atoms with Gasteiger partial charge in [-0.25, -0.2) is 0 Å². The van der Waals surface area contributed by atoms with Crippen molar-refractivity contribution in [2.75, 3.05) is 0 Å². The molecule has 0 radical (unpaired) electrons. The SMILES string of the molecule is O=C1C(O)=C(c2ccccc2)CCC1c1ccccc1. The van der Waals surface area contributed by atoms with Crippen LogP contribution in [0.3, 0.4) is 0 Å². The molecular formula is C18H16O2. The lowest BCUT2D eigenvalue weighted by molar-refractivity contribution is -0.119. The second kappa shape index (κ2) is 5.33. The molecule has 3 rings (SSSR count). The van der Waals surface area contributed by atoms with E-state index in [1.807, 2.05) is 60.7 Å². The molecule has 1 unspecified atom stereocenters. The molecule has 20 heavy (non-hydrogen) atoms. The molecule has 2 heteroatoms. The fourth-order valence-corrected chi connectivity index (χ4v) is 2.78. The minimum absolute atomic E-state index is 0.0729. The Hall–Kier alpha value is -2.35. The first-order valence-corrected chi connectivity index (χ1v) is 6.84. The molecule has 1 aliphatic rings. The van der Waals surface area contributed by atoms with Crippen molar-refractivity contribution in [3.63, 3.8) is 0 Å². The molecule has 1 N–H and O–H groups in total. The maximum absolute atomic E-state index is 12.4. The monoisotopic (exact) mass is 264 g/mol. The van der Waals surface area contributed by atoms with Crippen molar-refractivity contribution in [1.29, 1.82) is 0 Å². The van der Waals surface area contributed by atoms with Gasteiger partial charge in [-0.15, -0.1) is 0 Å². The van der Waals surface area contributed by atoms with Crippen LogP contribution in [0.5, 0.6) is 0 Å². The van der Waals surface area contributed by atoms with Crippen LogP contribution in [-0.2, 0) is 4.79 Å². The highest BCUT2D eigenvalue weighted by molar-refractivity contribution is 6.05. The van der Waals surface area contributed by atoms with E-state index in [4.69, 9.17) is 0 Å². The van der Waals surface area contributed by atoms with E-state index in [-0.39, 0.29) is 17.5 Å². The van der Waals surface area contributed by atoms with Crippen molar-refractivity contribution in [3.05, 3.63) is 77.5 Å². The molecule has 1 aliphatic carbocycles. The molecule has 0 aromatic heterocycles. The predicted molar refractivity (Wildman–Crippen MR) is 79.4 cm³/mol. The summed E-state index contributed by atoms with van der Waals surface area (Å²) < 4.78 is 0. The first kappa shape index (κ1) is 12.7. The highest BCUT2D eigenvalue weighted by Gasteiger charge is 2.30. The van der Waals surface area contributed by atoms with Gasteiger partial charge in [0.2, 0.25) is 5.78 Å². The number of allylic oxidation sites excluding steroid dienone is 2. The summed E-state index contributed by atoms with van der Waals surface area (Å²) in [4.78, 5) is 12.4.